The molecule has 0 N–H and O–H groups in total. The number of rotatable bonds is 9. The van der Waals surface area contributed by atoms with Crippen LogP contribution < -0.4 is 4.74 Å². The quantitative estimate of drug-likeness (QED) is 0.548. The molecule has 0 saturated carbocycles. The van der Waals surface area contributed by atoms with Gasteiger partial charge in [0.2, 0.25) is 0 Å². The van der Waals surface area contributed by atoms with Crippen molar-refractivity contribution >= 4 is 5.91 Å². The number of ether oxygens (including phenoxy) is 4. The van der Waals surface area contributed by atoms with Gasteiger partial charge >= 0.3 is 0 Å². The third kappa shape index (κ3) is 5.65. The SMILES string of the molecule is CC(C)OCCOCc1nnn2c1COC1(CCN(C(=O)COc3ccccc3)CC1)C2. The number of fused-ring (bicyclic) bond motifs is 1. The van der Waals surface area contributed by atoms with Crippen LogP contribution in [-0.2, 0) is 38.8 Å². The predicted molar refractivity (Wildman–Crippen MR) is 116 cm³/mol. The zero-order valence-electron chi connectivity index (χ0n) is 18.9. The molecule has 1 aromatic heterocycles. The van der Waals surface area contributed by atoms with Crippen molar-refractivity contribution in [3.05, 3.63) is 41.7 Å². The van der Waals surface area contributed by atoms with Crippen LogP contribution in [0, 0.1) is 0 Å². The number of benzene rings is 1. The second kappa shape index (κ2) is 10.4. The van der Waals surface area contributed by atoms with Crippen molar-refractivity contribution in [1.82, 2.24) is 19.9 Å². The maximum absolute atomic E-state index is 12.5. The molecule has 9 nitrogen and oxygen atoms in total. The molecule has 2 aliphatic heterocycles. The lowest BCUT2D eigenvalue weighted by atomic mass is 9.90. The Kier molecular flexibility index (Phi) is 7.39. The standard InChI is InChI=1S/C23H32N4O5/c1-18(2)30-13-12-29-14-20-21-15-32-23(17-27(21)25-24-20)8-10-26(11-9-23)22(28)16-31-19-6-4-3-5-7-19/h3-7,18H,8-17H2,1-2H3. The van der Waals surface area contributed by atoms with Gasteiger partial charge in [0, 0.05) is 13.1 Å². The van der Waals surface area contributed by atoms with Gasteiger partial charge < -0.3 is 23.8 Å². The highest BCUT2D eigenvalue weighted by Crippen LogP contribution is 2.33. The number of nitrogens with zero attached hydrogens (tertiary/aromatic N) is 4. The van der Waals surface area contributed by atoms with Crippen LogP contribution in [0.15, 0.2) is 30.3 Å². The Morgan fingerprint density at radius 3 is 2.72 bits per heavy atom. The predicted octanol–water partition coefficient (Wildman–Crippen LogP) is 2.19. The minimum atomic E-state index is -0.305. The molecule has 2 aliphatic rings. The molecule has 174 valence electrons. The van der Waals surface area contributed by atoms with E-state index >= 15 is 0 Å². The van der Waals surface area contributed by atoms with Crippen LogP contribution in [0.25, 0.3) is 0 Å². The van der Waals surface area contributed by atoms with Crippen LogP contribution in [0.1, 0.15) is 38.1 Å². The molecule has 0 unspecified atom stereocenters. The molecule has 32 heavy (non-hydrogen) atoms. The monoisotopic (exact) mass is 444 g/mol. The fourth-order valence-corrected chi connectivity index (χ4v) is 4.04. The van der Waals surface area contributed by atoms with Gasteiger partial charge in [0.15, 0.2) is 6.61 Å². The average molecular weight is 445 g/mol. The zero-order valence-corrected chi connectivity index (χ0v) is 18.9. The normalized spacial score (nSPS) is 17.5. The molecule has 4 rings (SSSR count). The van der Waals surface area contributed by atoms with Crippen molar-refractivity contribution in [1.29, 1.82) is 0 Å². The summed E-state index contributed by atoms with van der Waals surface area (Å²) in [7, 11) is 0. The number of para-hydroxylation sites is 1. The smallest absolute Gasteiger partial charge is 0.260 e. The Bertz CT molecular complexity index is 878. The summed E-state index contributed by atoms with van der Waals surface area (Å²) in [6.45, 7) is 7.93. The highest BCUT2D eigenvalue weighted by atomic mass is 16.5. The van der Waals surface area contributed by atoms with E-state index in [4.69, 9.17) is 18.9 Å². The van der Waals surface area contributed by atoms with Crippen LogP contribution in [-0.4, -0.2) is 70.4 Å². The van der Waals surface area contributed by atoms with E-state index in [9.17, 15) is 4.79 Å². The minimum Gasteiger partial charge on any atom is -0.484 e. The lowest BCUT2D eigenvalue weighted by molar-refractivity contribution is -0.147. The lowest BCUT2D eigenvalue weighted by Gasteiger charge is -2.43. The molecule has 1 aromatic carbocycles. The summed E-state index contributed by atoms with van der Waals surface area (Å²) >= 11 is 0. The van der Waals surface area contributed by atoms with E-state index in [0.29, 0.717) is 51.8 Å². The maximum Gasteiger partial charge on any atom is 0.260 e. The summed E-state index contributed by atoms with van der Waals surface area (Å²) in [5, 5.41) is 8.62. The number of hydrogen-bond donors (Lipinski definition) is 0. The lowest BCUT2D eigenvalue weighted by Crippen LogP contribution is -2.52. The molecular formula is C23H32N4O5. The van der Waals surface area contributed by atoms with E-state index in [2.05, 4.69) is 10.3 Å². The summed E-state index contributed by atoms with van der Waals surface area (Å²) in [6, 6.07) is 9.40. The third-order valence-corrected chi connectivity index (χ3v) is 5.92. The van der Waals surface area contributed by atoms with E-state index in [1.54, 1.807) is 0 Å². The van der Waals surface area contributed by atoms with Gasteiger partial charge in [0.25, 0.3) is 5.91 Å². The summed E-state index contributed by atoms with van der Waals surface area (Å²) < 4.78 is 25.0. The molecule has 1 fully saturated rings. The van der Waals surface area contributed by atoms with Gasteiger partial charge in [-0.05, 0) is 38.8 Å². The largest absolute Gasteiger partial charge is 0.484 e. The van der Waals surface area contributed by atoms with Gasteiger partial charge in [-0.15, -0.1) is 5.10 Å². The first-order valence-electron chi connectivity index (χ1n) is 11.2. The van der Waals surface area contributed by atoms with Gasteiger partial charge in [-0.3, -0.25) is 4.79 Å². The van der Waals surface area contributed by atoms with Crippen molar-refractivity contribution in [2.45, 2.75) is 58.2 Å². The van der Waals surface area contributed by atoms with Crippen LogP contribution in [0.3, 0.4) is 0 Å². The molecule has 0 bridgehead atoms. The Morgan fingerprint density at radius 1 is 1.19 bits per heavy atom. The zero-order chi connectivity index (χ0) is 22.4. The van der Waals surface area contributed by atoms with Gasteiger partial charge in [-0.1, -0.05) is 23.4 Å². The minimum absolute atomic E-state index is 0.00170. The molecule has 0 atom stereocenters. The van der Waals surface area contributed by atoms with Gasteiger partial charge in [-0.25, -0.2) is 4.68 Å². The van der Waals surface area contributed by atoms with Gasteiger partial charge in [0.05, 0.1) is 50.4 Å². The average Bonchev–Trinajstić information content (AvgIpc) is 3.20. The number of hydrogen-bond acceptors (Lipinski definition) is 7. The molecule has 1 spiro atoms. The van der Waals surface area contributed by atoms with E-state index < -0.39 is 0 Å². The summed E-state index contributed by atoms with van der Waals surface area (Å²) in [5.41, 5.74) is 1.48. The van der Waals surface area contributed by atoms with Crippen molar-refractivity contribution < 1.29 is 23.7 Å². The topological polar surface area (TPSA) is 87.9 Å². The number of aromatic nitrogens is 3. The number of amides is 1. The molecule has 0 radical (unpaired) electrons. The highest BCUT2D eigenvalue weighted by molar-refractivity contribution is 5.77. The first kappa shape index (κ1) is 22.7. The highest BCUT2D eigenvalue weighted by Gasteiger charge is 2.41. The fraction of sp³-hybridized carbons (Fsp3) is 0.609. The van der Waals surface area contributed by atoms with Crippen LogP contribution in [0.4, 0.5) is 0 Å². The number of carbonyl (C=O) groups excluding carboxylic acids is 1. The molecule has 3 heterocycles. The van der Waals surface area contributed by atoms with Crippen molar-refractivity contribution in [3.63, 3.8) is 0 Å². The second-order valence-corrected chi connectivity index (χ2v) is 8.57. The van der Waals surface area contributed by atoms with E-state index in [1.807, 2.05) is 53.8 Å². The molecular weight excluding hydrogens is 412 g/mol. The van der Waals surface area contributed by atoms with E-state index in [1.165, 1.54) is 0 Å². The van der Waals surface area contributed by atoms with Crippen LogP contribution in [0.5, 0.6) is 5.75 Å². The molecule has 2 aromatic rings. The van der Waals surface area contributed by atoms with Crippen LogP contribution in [0.2, 0.25) is 0 Å². The van der Waals surface area contributed by atoms with E-state index in [-0.39, 0.29) is 24.2 Å². The number of likely N-dealkylation sites (tertiary alicyclic amines) is 1. The molecule has 0 aliphatic carbocycles. The Morgan fingerprint density at radius 2 is 1.97 bits per heavy atom. The fourth-order valence-electron chi connectivity index (χ4n) is 4.04. The van der Waals surface area contributed by atoms with Crippen molar-refractivity contribution in [3.8, 4) is 5.75 Å². The van der Waals surface area contributed by atoms with Crippen LogP contribution >= 0.6 is 0 Å². The summed E-state index contributed by atoms with van der Waals surface area (Å²) in [6.07, 6.45) is 1.73. The molecule has 1 amide bonds. The maximum atomic E-state index is 12.5. The molecule has 1 saturated heterocycles. The Labute approximate surface area is 188 Å². The Balaban J connectivity index is 1.23. The van der Waals surface area contributed by atoms with E-state index in [0.717, 1.165) is 24.2 Å². The number of carbonyl (C=O) groups is 1. The van der Waals surface area contributed by atoms with Crippen molar-refractivity contribution in [2.24, 2.45) is 0 Å². The van der Waals surface area contributed by atoms with Crippen molar-refractivity contribution in [2.75, 3.05) is 32.9 Å². The third-order valence-electron chi connectivity index (χ3n) is 5.92. The van der Waals surface area contributed by atoms with Gasteiger partial charge in [-0.2, -0.15) is 0 Å². The Hall–Kier alpha value is -2.49. The summed E-state index contributed by atoms with van der Waals surface area (Å²) in [5.74, 6) is 0.706. The first-order chi connectivity index (χ1) is 15.5. The molecule has 9 heteroatoms. The number of piperidine rings is 1. The first-order valence-corrected chi connectivity index (χ1v) is 11.2. The second-order valence-electron chi connectivity index (χ2n) is 8.57. The van der Waals surface area contributed by atoms with Gasteiger partial charge in [0.1, 0.15) is 11.4 Å². The summed E-state index contributed by atoms with van der Waals surface area (Å²) in [4.78, 5) is 14.4.